The predicted octanol–water partition coefficient (Wildman–Crippen LogP) is 8.76. The average molecular weight is 846 g/mol. The molecule has 14 heteroatoms. The molecule has 11 nitrogen and oxygen atoms in total. The van der Waals surface area contributed by atoms with E-state index in [1.54, 1.807) is 0 Å². The Morgan fingerprint density at radius 1 is 0.967 bits per heavy atom. The second-order valence-corrected chi connectivity index (χ2v) is 20.1. The summed E-state index contributed by atoms with van der Waals surface area (Å²) in [5.74, 6) is -1.58. The van der Waals surface area contributed by atoms with Crippen molar-refractivity contribution in [3.63, 3.8) is 0 Å². The Morgan fingerprint density at radius 2 is 1.65 bits per heavy atom. The minimum Gasteiger partial charge on any atom is -0.481 e. The summed E-state index contributed by atoms with van der Waals surface area (Å²) in [5.41, 5.74) is 4.75. The quantitative estimate of drug-likeness (QED) is 0.0914. The van der Waals surface area contributed by atoms with Crippen LogP contribution in [0.3, 0.4) is 0 Å². The molecule has 6 rings (SSSR count). The lowest BCUT2D eigenvalue weighted by atomic mass is 9.34. The molecule has 3 saturated carbocycles. The van der Waals surface area contributed by atoms with Crippen molar-refractivity contribution in [2.75, 3.05) is 25.1 Å². The Balaban J connectivity index is 1.14. The molecule has 4 aliphatic carbocycles. The lowest BCUT2D eigenvalue weighted by Gasteiger charge is -2.71. The predicted molar refractivity (Wildman–Crippen MR) is 219 cm³/mol. The van der Waals surface area contributed by atoms with Crippen molar-refractivity contribution < 1.29 is 51.7 Å². The smallest absolute Gasteiger partial charge is 0.416 e. The molecule has 5 aliphatic rings. The van der Waals surface area contributed by atoms with E-state index >= 15 is 0 Å². The zero-order valence-corrected chi connectivity index (χ0v) is 36.5. The molecule has 1 aromatic carbocycles. The number of esters is 2. The Morgan fingerprint density at radius 3 is 2.27 bits per heavy atom. The molecule has 0 radical (unpaired) electrons. The van der Waals surface area contributed by atoms with Gasteiger partial charge in [0.05, 0.1) is 24.7 Å². The van der Waals surface area contributed by atoms with E-state index < -0.39 is 76.1 Å². The fraction of sp³-hybridized carbons (Fsp3) is 0.739. The summed E-state index contributed by atoms with van der Waals surface area (Å²) in [6.45, 7) is 17.8. The van der Waals surface area contributed by atoms with E-state index in [0.717, 1.165) is 37.8 Å². The third-order valence-corrected chi connectivity index (χ3v) is 16.6. The van der Waals surface area contributed by atoms with Crippen LogP contribution in [0.5, 0.6) is 0 Å². The summed E-state index contributed by atoms with van der Waals surface area (Å²) in [4.78, 5) is 52.2. The number of alkyl halides is 3. The van der Waals surface area contributed by atoms with E-state index in [1.807, 2.05) is 0 Å². The molecule has 0 aromatic heterocycles. The number of halogens is 3. The number of ether oxygens (including phenoxy) is 3. The maximum atomic E-state index is 13.7. The van der Waals surface area contributed by atoms with Gasteiger partial charge in [-0.3, -0.25) is 14.4 Å². The van der Waals surface area contributed by atoms with Crippen LogP contribution in [0.4, 0.5) is 23.7 Å². The van der Waals surface area contributed by atoms with Gasteiger partial charge >= 0.3 is 30.1 Å². The van der Waals surface area contributed by atoms with Gasteiger partial charge in [-0.25, -0.2) is 4.79 Å². The van der Waals surface area contributed by atoms with Crippen LogP contribution in [0.1, 0.15) is 119 Å². The zero-order valence-electron chi connectivity index (χ0n) is 36.5. The Labute approximate surface area is 352 Å². The molecule has 5 N–H and O–H groups in total. The zero-order chi connectivity index (χ0) is 44.2. The Bertz CT molecular complexity index is 1840. The van der Waals surface area contributed by atoms with Gasteiger partial charge in [0.25, 0.3) is 0 Å². The molecule has 334 valence electrons. The molecular formula is C46H66F3N3O8. The number of amides is 2. The molecule has 4 fully saturated rings. The van der Waals surface area contributed by atoms with Crippen molar-refractivity contribution >= 4 is 29.6 Å². The van der Waals surface area contributed by atoms with Gasteiger partial charge in [-0.1, -0.05) is 60.1 Å². The van der Waals surface area contributed by atoms with E-state index in [0.29, 0.717) is 44.8 Å². The van der Waals surface area contributed by atoms with Crippen LogP contribution in [-0.4, -0.2) is 67.1 Å². The number of rotatable bonds is 12. The average Bonchev–Trinajstić information content (AvgIpc) is 3.15. The molecular weight excluding hydrogens is 780 g/mol. The number of carboxylic acids is 1. The second kappa shape index (κ2) is 16.6. The van der Waals surface area contributed by atoms with E-state index in [2.05, 4.69) is 65.2 Å². The summed E-state index contributed by atoms with van der Waals surface area (Å²) >= 11 is 0. The lowest BCUT2D eigenvalue weighted by Crippen LogP contribution is -2.70. The minimum atomic E-state index is -4.47. The molecule has 1 unspecified atom stereocenters. The third kappa shape index (κ3) is 7.85. The van der Waals surface area contributed by atoms with Gasteiger partial charge in [-0.15, -0.1) is 0 Å². The molecule has 1 heterocycles. The number of hydrogen-bond acceptors (Lipinski definition) is 8. The summed E-state index contributed by atoms with van der Waals surface area (Å²) in [6.07, 6.45) is 2.03. The van der Waals surface area contributed by atoms with Crippen LogP contribution in [0.15, 0.2) is 35.9 Å². The molecule has 0 spiro atoms. The highest BCUT2D eigenvalue weighted by Gasteiger charge is 2.72. The first-order valence-corrected chi connectivity index (χ1v) is 21.8. The number of urea groups is 1. The van der Waals surface area contributed by atoms with Crippen molar-refractivity contribution in [3.8, 4) is 0 Å². The normalized spacial score (nSPS) is 37.0. The highest BCUT2D eigenvalue weighted by atomic mass is 19.4. The number of benzene rings is 1. The van der Waals surface area contributed by atoms with Crippen LogP contribution in [-0.2, 0) is 34.8 Å². The summed E-state index contributed by atoms with van der Waals surface area (Å²) in [5, 5.41) is 16.2. The number of hydrogen-bond donors (Lipinski definition) is 4. The Kier molecular flexibility index (Phi) is 12.7. The number of nitrogens with two attached hydrogens (primary N) is 1. The largest absolute Gasteiger partial charge is 0.481 e. The number of unbranched alkanes of at least 4 members (excludes halogenated alkanes) is 1. The van der Waals surface area contributed by atoms with E-state index in [-0.39, 0.29) is 47.2 Å². The highest BCUT2D eigenvalue weighted by molar-refractivity contribution is 5.89. The third-order valence-electron chi connectivity index (χ3n) is 16.6. The van der Waals surface area contributed by atoms with Gasteiger partial charge in [0.1, 0.15) is 18.2 Å². The first kappa shape index (κ1) is 45.9. The van der Waals surface area contributed by atoms with Gasteiger partial charge in [0.2, 0.25) is 0 Å². The molecule has 1 aliphatic heterocycles. The first-order chi connectivity index (χ1) is 27.9. The van der Waals surface area contributed by atoms with Crippen molar-refractivity contribution in [2.24, 2.45) is 62.4 Å². The van der Waals surface area contributed by atoms with Crippen LogP contribution in [0.2, 0.25) is 0 Å². The number of carbonyl (C=O) groups is 4. The number of allylic oxidation sites excluding steroid dienone is 1. The molecule has 1 aromatic rings. The number of nitrogens with one attached hydrogen (secondary N) is 2. The van der Waals surface area contributed by atoms with Gasteiger partial charge in [0, 0.05) is 30.0 Å². The molecule has 2 amide bonds. The lowest BCUT2D eigenvalue weighted by molar-refractivity contribution is -0.263. The SMILES string of the molecule is CC(=O)O[C@@H]1C[C@]23COC[C@](C)([C@@H]2CC[C@H]2C3=CC[C@@]3(C)[C@H](C(=O)O)[C@@](C)([C@H](C)C(C)C)CC[C@]23C)[C@H]1OC(=O)C(N)CCCCNC(=O)Nc1ccc(C(F)(F)F)cc1. The maximum Gasteiger partial charge on any atom is 0.416 e. The number of carbonyl (C=O) groups excluding carboxylic acids is 3. The van der Waals surface area contributed by atoms with Crippen LogP contribution in [0, 0.1) is 56.7 Å². The summed E-state index contributed by atoms with van der Waals surface area (Å²) < 4.78 is 57.4. The molecule has 60 heavy (non-hydrogen) atoms. The van der Waals surface area contributed by atoms with Crippen LogP contribution >= 0.6 is 0 Å². The van der Waals surface area contributed by atoms with Crippen LogP contribution < -0.4 is 16.4 Å². The number of carboxylic acid groups (broad SMARTS) is 1. The van der Waals surface area contributed by atoms with Gasteiger partial charge in [-0.05, 0) is 122 Å². The topological polar surface area (TPSA) is 166 Å². The molecule has 1 saturated heterocycles. The van der Waals surface area contributed by atoms with Gasteiger partial charge < -0.3 is 35.7 Å². The number of fused-ring (bicyclic) bond motifs is 3. The molecule has 2 bridgehead atoms. The van der Waals surface area contributed by atoms with Crippen molar-refractivity contribution in [1.29, 1.82) is 0 Å². The monoisotopic (exact) mass is 845 g/mol. The first-order valence-electron chi connectivity index (χ1n) is 21.8. The number of aliphatic carboxylic acids is 1. The second-order valence-electron chi connectivity index (χ2n) is 20.1. The minimum absolute atomic E-state index is 0.0555. The fourth-order valence-corrected chi connectivity index (χ4v) is 13.0. The van der Waals surface area contributed by atoms with E-state index in [4.69, 9.17) is 19.9 Å². The van der Waals surface area contributed by atoms with Crippen LogP contribution in [0.25, 0.3) is 0 Å². The van der Waals surface area contributed by atoms with Crippen molar-refractivity contribution in [2.45, 2.75) is 138 Å². The van der Waals surface area contributed by atoms with Crippen molar-refractivity contribution in [3.05, 3.63) is 41.5 Å². The summed E-state index contributed by atoms with van der Waals surface area (Å²) in [7, 11) is 0. The highest BCUT2D eigenvalue weighted by Crippen LogP contribution is 2.75. The van der Waals surface area contributed by atoms with E-state index in [9.17, 15) is 37.5 Å². The van der Waals surface area contributed by atoms with Gasteiger partial charge in [0.15, 0.2) is 0 Å². The van der Waals surface area contributed by atoms with E-state index in [1.165, 1.54) is 24.6 Å². The standard InChI is InChI=1S/C46H66F3N3O8/c1-26(2)27(3)41(5)20-21-43(7)31-16-17-35-42(6)24-58-25-45(35,32(31)18-19-44(43,8)36(41)38(54)55)23-34(59-28(4)53)37(42)60-39(56)33(50)11-9-10-22-51-40(57)52-30-14-12-29(13-15-30)46(47,48)49/h12-15,18,26-27,31,33-37H,9-11,16-17,19-25,50H2,1-8H3,(H,54,55)(H2,51,52,57)/t27-,31+,33?,34-,35+,36-,37+,41-,42-,43-,44+,45-/m1/s1. The van der Waals surface area contributed by atoms with Gasteiger partial charge in [-0.2, -0.15) is 13.2 Å². The Hall–Kier alpha value is -3.65. The maximum absolute atomic E-state index is 13.7. The van der Waals surface area contributed by atoms with Crippen molar-refractivity contribution in [1.82, 2.24) is 5.32 Å². The molecule has 12 atom stereocenters. The summed E-state index contributed by atoms with van der Waals surface area (Å²) in [6, 6.07) is 2.59. The fourth-order valence-electron chi connectivity index (χ4n) is 13.0. The number of anilines is 1.